The van der Waals surface area contributed by atoms with Gasteiger partial charge in [-0.25, -0.2) is 0 Å². The van der Waals surface area contributed by atoms with E-state index in [0.29, 0.717) is 6.42 Å². The molecule has 0 atom stereocenters. The second kappa shape index (κ2) is 3.22. The van der Waals surface area contributed by atoms with Gasteiger partial charge in [0, 0.05) is 19.3 Å². The second-order valence-electron chi connectivity index (χ2n) is 3.14. The topological polar surface area (TPSA) is 52.3 Å². The number of carbonyl (C=O) groups is 1. The fourth-order valence-electron chi connectivity index (χ4n) is 0.824. The number of unbranched alkanes of at least 4 members (excludes halogenated alkanes) is 1. The SMILES string of the molecule is CCCCC(=O)OC1(N)CC1. The third kappa shape index (κ3) is 2.89. The van der Waals surface area contributed by atoms with Crippen LogP contribution in [0, 0.1) is 0 Å². The second-order valence-corrected chi connectivity index (χ2v) is 3.14. The number of ether oxygens (including phenoxy) is 1. The predicted molar refractivity (Wildman–Crippen MR) is 41.8 cm³/mol. The van der Waals surface area contributed by atoms with E-state index in [1.165, 1.54) is 0 Å². The molecule has 0 saturated heterocycles. The molecule has 1 saturated carbocycles. The van der Waals surface area contributed by atoms with Crippen LogP contribution in [0.3, 0.4) is 0 Å². The summed E-state index contributed by atoms with van der Waals surface area (Å²) in [6, 6.07) is 0. The van der Waals surface area contributed by atoms with Crippen LogP contribution in [-0.2, 0) is 9.53 Å². The number of rotatable bonds is 4. The van der Waals surface area contributed by atoms with Gasteiger partial charge < -0.3 is 4.74 Å². The summed E-state index contributed by atoms with van der Waals surface area (Å²) < 4.78 is 4.99. The first-order valence-corrected chi connectivity index (χ1v) is 4.17. The molecule has 0 aromatic heterocycles. The quantitative estimate of drug-likeness (QED) is 0.492. The molecule has 11 heavy (non-hydrogen) atoms. The minimum Gasteiger partial charge on any atom is -0.444 e. The van der Waals surface area contributed by atoms with Crippen molar-refractivity contribution in [2.75, 3.05) is 0 Å². The van der Waals surface area contributed by atoms with Gasteiger partial charge in [-0.05, 0) is 6.42 Å². The minimum absolute atomic E-state index is 0.146. The molecule has 1 fully saturated rings. The molecule has 2 N–H and O–H groups in total. The molecular weight excluding hydrogens is 142 g/mol. The average molecular weight is 157 g/mol. The maximum Gasteiger partial charge on any atom is 0.307 e. The van der Waals surface area contributed by atoms with Crippen LogP contribution < -0.4 is 5.73 Å². The Hall–Kier alpha value is -0.570. The van der Waals surface area contributed by atoms with Crippen molar-refractivity contribution < 1.29 is 9.53 Å². The van der Waals surface area contributed by atoms with Crippen LogP contribution in [0.4, 0.5) is 0 Å². The smallest absolute Gasteiger partial charge is 0.307 e. The van der Waals surface area contributed by atoms with Gasteiger partial charge in [-0.2, -0.15) is 0 Å². The van der Waals surface area contributed by atoms with Gasteiger partial charge in [0.1, 0.15) is 0 Å². The maximum atomic E-state index is 11.0. The van der Waals surface area contributed by atoms with E-state index in [2.05, 4.69) is 0 Å². The zero-order valence-corrected chi connectivity index (χ0v) is 6.93. The molecule has 1 aliphatic carbocycles. The summed E-state index contributed by atoms with van der Waals surface area (Å²) in [7, 11) is 0. The van der Waals surface area contributed by atoms with Gasteiger partial charge in [0.05, 0.1) is 0 Å². The standard InChI is InChI=1S/C8H15NO2/c1-2-3-4-7(10)11-8(9)5-6-8/h2-6,9H2,1H3. The van der Waals surface area contributed by atoms with Gasteiger partial charge in [-0.15, -0.1) is 0 Å². The van der Waals surface area contributed by atoms with Gasteiger partial charge in [0.15, 0.2) is 5.72 Å². The number of nitrogens with two attached hydrogens (primary N) is 1. The lowest BCUT2D eigenvalue weighted by Crippen LogP contribution is -2.28. The maximum absolute atomic E-state index is 11.0. The number of esters is 1. The Morgan fingerprint density at radius 2 is 2.27 bits per heavy atom. The molecule has 0 amide bonds. The fraction of sp³-hybridized carbons (Fsp3) is 0.875. The summed E-state index contributed by atoms with van der Waals surface area (Å²) >= 11 is 0. The Bertz CT molecular complexity index is 152. The molecule has 0 aromatic carbocycles. The molecule has 0 heterocycles. The average Bonchev–Trinajstić information content (AvgIpc) is 2.63. The molecule has 3 heteroatoms. The third-order valence-electron chi connectivity index (χ3n) is 1.79. The largest absolute Gasteiger partial charge is 0.444 e. The molecule has 0 aromatic rings. The Labute approximate surface area is 66.9 Å². The van der Waals surface area contributed by atoms with E-state index in [9.17, 15) is 4.79 Å². The lowest BCUT2D eigenvalue weighted by Gasteiger charge is -2.09. The van der Waals surface area contributed by atoms with Crippen molar-refractivity contribution in [2.45, 2.75) is 44.8 Å². The highest BCUT2D eigenvalue weighted by Gasteiger charge is 2.42. The van der Waals surface area contributed by atoms with Crippen molar-refractivity contribution in [2.24, 2.45) is 5.73 Å². The molecule has 1 aliphatic rings. The predicted octanol–water partition coefficient (Wildman–Crippen LogP) is 1.17. The summed E-state index contributed by atoms with van der Waals surface area (Å²) in [5, 5.41) is 0. The lowest BCUT2D eigenvalue weighted by molar-refractivity contribution is -0.150. The van der Waals surface area contributed by atoms with Gasteiger partial charge in [0.2, 0.25) is 0 Å². The van der Waals surface area contributed by atoms with Crippen LogP contribution in [-0.4, -0.2) is 11.7 Å². The van der Waals surface area contributed by atoms with Gasteiger partial charge in [-0.3, -0.25) is 10.5 Å². The van der Waals surface area contributed by atoms with E-state index >= 15 is 0 Å². The molecule has 64 valence electrons. The van der Waals surface area contributed by atoms with Crippen LogP contribution in [0.5, 0.6) is 0 Å². The van der Waals surface area contributed by atoms with Crippen LogP contribution in [0.15, 0.2) is 0 Å². The normalized spacial score (nSPS) is 19.5. The van der Waals surface area contributed by atoms with Crippen molar-refractivity contribution in [3.63, 3.8) is 0 Å². The van der Waals surface area contributed by atoms with Crippen LogP contribution in [0.25, 0.3) is 0 Å². The number of hydrogen-bond donors (Lipinski definition) is 1. The Balaban J connectivity index is 2.11. The van der Waals surface area contributed by atoms with Gasteiger partial charge in [-0.1, -0.05) is 13.3 Å². The monoisotopic (exact) mass is 157 g/mol. The van der Waals surface area contributed by atoms with Gasteiger partial charge >= 0.3 is 5.97 Å². The fourth-order valence-corrected chi connectivity index (χ4v) is 0.824. The first kappa shape index (κ1) is 8.53. The summed E-state index contributed by atoms with van der Waals surface area (Å²) in [4.78, 5) is 11.0. The highest BCUT2D eigenvalue weighted by molar-refractivity contribution is 5.70. The van der Waals surface area contributed by atoms with E-state index in [1.807, 2.05) is 6.92 Å². The van der Waals surface area contributed by atoms with Crippen LogP contribution >= 0.6 is 0 Å². The lowest BCUT2D eigenvalue weighted by atomic mass is 10.2. The first-order chi connectivity index (χ1) is 5.16. The van der Waals surface area contributed by atoms with Crippen LogP contribution in [0.1, 0.15) is 39.0 Å². The summed E-state index contributed by atoms with van der Waals surface area (Å²) in [5.74, 6) is -0.146. The van der Waals surface area contributed by atoms with Crippen molar-refractivity contribution >= 4 is 5.97 Å². The molecule has 0 bridgehead atoms. The zero-order valence-electron chi connectivity index (χ0n) is 6.93. The molecule has 0 unspecified atom stereocenters. The van der Waals surface area contributed by atoms with Crippen molar-refractivity contribution in [3.8, 4) is 0 Å². The minimum atomic E-state index is -0.579. The van der Waals surface area contributed by atoms with Crippen molar-refractivity contribution in [1.82, 2.24) is 0 Å². The number of hydrogen-bond acceptors (Lipinski definition) is 3. The molecule has 0 radical (unpaired) electrons. The Morgan fingerprint density at radius 1 is 1.64 bits per heavy atom. The highest BCUT2D eigenvalue weighted by Crippen LogP contribution is 2.33. The molecule has 3 nitrogen and oxygen atoms in total. The first-order valence-electron chi connectivity index (χ1n) is 4.17. The number of carbonyl (C=O) groups excluding carboxylic acids is 1. The molecular formula is C8H15NO2. The van der Waals surface area contributed by atoms with Crippen molar-refractivity contribution in [3.05, 3.63) is 0 Å². The van der Waals surface area contributed by atoms with Gasteiger partial charge in [0.25, 0.3) is 0 Å². The van der Waals surface area contributed by atoms with E-state index in [1.54, 1.807) is 0 Å². The molecule has 0 aliphatic heterocycles. The van der Waals surface area contributed by atoms with E-state index in [-0.39, 0.29) is 5.97 Å². The van der Waals surface area contributed by atoms with E-state index < -0.39 is 5.72 Å². The zero-order chi connectivity index (χ0) is 8.32. The third-order valence-corrected chi connectivity index (χ3v) is 1.79. The highest BCUT2D eigenvalue weighted by atomic mass is 16.6. The van der Waals surface area contributed by atoms with Crippen molar-refractivity contribution in [1.29, 1.82) is 0 Å². The molecule has 0 spiro atoms. The Morgan fingerprint density at radius 3 is 2.73 bits per heavy atom. The summed E-state index contributed by atoms with van der Waals surface area (Å²) in [6.07, 6.45) is 4.08. The molecule has 1 rings (SSSR count). The summed E-state index contributed by atoms with van der Waals surface area (Å²) in [5.41, 5.74) is 5.00. The summed E-state index contributed by atoms with van der Waals surface area (Å²) in [6.45, 7) is 2.04. The van der Waals surface area contributed by atoms with E-state index in [0.717, 1.165) is 25.7 Å². The van der Waals surface area contributed by atoms with Crippen LogP contribution in [0.2, 0.25) is 0 Å². The Kier molecular flexibility index (Phi) is 2.49. The van der Waals surface area contributed by atoms with E-state index in [4.69, 9.17) is 10.5 Å².